The molecule has 0 aromatic rings. The van der Waals surface area contributed by atoms with Crippen LogP contribution in [0.3, 0.4) is 0 Å². The zero-order valence-corrected chi connectivity index (χ0v) is 21.1. The molecule has 0 radical (unpaired) electrons. The molecule has 9 nitrogen and oxygen atoms in total. The smallest absolute Gasteiger partial charge is 0.239 e. The minimum atomic E-state index is -1.19. The van der Waals surface area contributed by atoms with Gasteiger partial charge in [0.15, 0.2) is 0 Å². The van der Waals surface area contributed by atoms with E-state index in [0.717, 1.165) is 25.7 Å². The average Bonchev–Trinajstić information content (AvgIpc) is 2.77. The van der Waals surface area contributed by atoms with E-state index >= 15 is 0 Å². The number of aliphatic hydroxyl groups is 2. The number of nitrogens with two attached hydrogens (primary N) is 1. The minimum absolute atomic E-state index is 0.0180. The molecule has 0 saturated carbocycles. The first-order valence-electron chi connectivity index (χ1n) is 12.5. The highest BCUT2D eigenvalue weighted by molar-refractivity contribution is 5.81. The Bertz CT molecular complexity index is 562. The van der Waals surface area contributed by atoms with Crippen molar-refractivity contribution in [1.82, 2.24) is 9.80 Å². The second-order valence-corrected chi connectivity index (χ2v) is 9.47. The van der Waals surface area contributed by atoms with Crippen LogP contribution in [-0.4, -0.2) is 102 Å². The molecule has 0 unspecified atom stereocenters. The lowest BCUT2D eigenvalue weighted by molar-refractivity contribution is -0.142. The molecule has 4 atom stereocenters. The molecule has 0 bridgehead atoms. The summed E-state index contributed by atoms with van der Waals surface area (Å²) in [5.74, 6) is 0.148. The van der Waals surface area contributed by atoms with E-state index in [0.29, 0.717) is 51.6 Å². The normalized spacial score (nSPS) is 25.0. The molecule has 9 heteroatoms. The van der Waals surface area contributed by atoms with Crippen molar-refractivity contribution in [2.24, 2.45) is 11.7 Å². The fourth-order valence-electron chi connectivity index (χ4n) is 3.72. The van der Waals surface area contributed by atoms with Gasteiger partial charge in [-0.15, -0.1) is 0 Å². The molecular weight excluding hydrogens is 426 g/mol. The Kier molecular flexibility index (Phi) is 14.8. The molecule has 1 aliphatic heterocycles. The average molecular weight is 474 g/mol. The summed E-state index contributed by atoms with van der Waals surface area (Å²) in [5, 5.41) is 21.1. The van der Waals surface area contributed by atoms with E-state index in [1.165, 1.54) is 6.92 Å². The highest BCUT2D eigenvalue weighted by Gasteiger charge is 2.31. The van der Waals surface area contributed by atoms with Gasteiger partial charge in [-0.2, -0.15) is 0 Å². The Morgan fingerprint density at radius 2 is 1.82 bits per heavy atom. The molecule has 0 aromatic heterocycles. The van der Waals surface area contributed by atoms with Crippen LogP contribution in [0, 0.1) is 5.92 Å². The Morgan fingerprint density at radius 3 is 2.45 bits per heavy atom. The van der Waals surface area contributed by atoms with Crippen LogP contribution >= 0.6 is 0 Å². The van der Waals surface area contributed by atoms with E-state index in [2.05, 4.69) is 20.8 Å². The summed E-state index contributed by atoms with van der Waals surface area (Å²) in [6, 6.07) is -0.546. The van der Waals surface area contributed by atoms with Crippen molar-refractivity contribution in [3.8, 4) is 0 Å². The van der Waals surface area contributed by atoms with Crippen molar-refractivity contribution in [2.75, 3.05) is 46.0 Å². The molecule has 4 N–H and O–H groups in total. The highest BCUT2D eigenvalue weighted by atomic mass is 16.5. The summed E-state index contributed by atoms with van der Waals surface area (Å²) in [5.41, 5.74) is 6.15. The van der Waals surface area contributed by atoms with E-state index in [-0.39, 0.29) is 25.0 Å². The molecule has 194 valence electrons. The van der Waals surface area contributed by atoms with Gasteiger partial charge >= 0.3 is 0 Å². The monoisotopic (exact) mass is 473 g/mol. The van der Waals surface area contributed by atoms with Crippen molar-refractivity contribution >= 4 is 11.8 Å². The van der Waals surface area contributed by atoms with E-state index in [1.807, 2.05) is 0 Å². The quantitative estimate of drug-likeness (QED) is 0.483. The summed E-state index contributed by atoms with van der Waals surface area (Å²) in [4.78, 5) is 28.6. The van der Waals surface area contributed by atoms with Crippen LogP contribution in [0.2, 0.25) is 0 Å². The summed E-state index contributed by atoms with van der Waals surface area (Å²) >= 11 is 0. The second-order valence-electron chi connectivity index (χ2n) is 9.47. The maximum Gasteiger partial charge on any atom is 0.239 e. The fraction of sp³-hybridized carbons (Fsp3) is 0.917. The molecule has 0 aromatic carbocycles. The number of amides is 2. The number of unbranched alkanes of at least 4 members (excludes halogenated alkanes) is 1. The number of aliphatic hydroxyl groups excluding tert-OH is 2. The zero-order chi connectivity index (χ0) is 24.8. The lowest BCUT2D eigenvalue weighted by Gasteiger charge is -2.34. The molecule has 0 spiro atoms. The van der Waals surface area contributed by atoms with Gasteiger partial charge in [-0.25, -0.2) is 0 Å². The van der Waals surface area contributed by atoms with Gasteiger partial charge in [-0.05, 0) is 31.6 Å². The van der Waals surface area contributed by atoms with Crippen molar-refractivity contribution in [3.05, 3.63) is 0 Å². The molecule has 1 aliphatic rings. The lowest BCUT2D eigenvalue weighted by atomic mass is 10.1. The molecule has 1 heterocycles. The van der Waals surface area contributed by atoms with Crippen LogP contribution in [0.5, 0.6) is 0 Å². The standard InChI is InChI=1S/C24H47N3O6/c1-5-6-9-20(25)24(31)26-11-7-8-14-32-17-21(29)23(30)22(33-15-10-18(2)3)16-27(13-12-26)19(4)28/h18,20-23,29-30H,5-17,25H2,1-4H3/t20-,21+,22+,23+/m0/s1. The second kappa shape index (κ2) is 16.4. The van der Waals surface area contributed by atoms with E-state index in [1.54, 1.807) is 9.80 Å². The number of carbonyl (C=O) groups excluding carboxylic acids is 2. The van der Waals surface area contributed by atoms with E-state index in [9.17, 15) is 19.8 Å². The fourth-order valence-corrected chi connectivity index (χ4v) is 3.72. The largest absolute Gasteiger partial charge is 0.388 e. The van der Waals surface area contributed by atoms with Crippen LogP contribution in [0.1, 0.15) is 66.2 Å². The number of ether oxygens (including phenoxy) is 2. The predicted molar refractivity (Wildman–Crippen MR) is 128 cm³/mol. The molecule has 1 rings (SSSR count). The Hall–Kier alpha value is -1.26. The van der Waals surface area contributed by atoms with Gasteiger partial charge in [0.25, 0.3) is 0 Å². The first-order valence-corrected chi connectivity index (χ1v) is 12.5. The van der Waals surface area contributed by atoms with Gasteiger partial charge in [-0.3, -0.25) is 9.59 Å². The molecule has 2 amide bonds. The topological polar surface area (TPSA) is 126 Å². The number of hydrogen-bond donors (Lipinski definition) is 3. The molecular formula is C24H47N3O6. The molecule has 33 heavy (non-hydrogen) atoms. The van der Waals surface area contributed by atoms with Crippen molar-refractivity contribution in [2.45, 2.75) is 90.6 Å². The van der Waals surface area contributed by atoms with Crippen LogP contribution in [0.25, 0.3) is 0 Å². The summed E-state index contributed by atoms with van der Waals surface area (Å²) in [6.45, 7) is 9.82. The third-order valence-electron chi connectivity index (χ3n) is 6.04. The predicted octanol–water partition coefficient (Wildman–Crippen LogP) is 1.14. The maximum absolute atomic E-state index is 13.0. The molecule has 1 saturated heterocycles. The summed E-state index contributed by atoms with van der Waals surface area (Å²) in [7, 11) is 0. The first-order chi connectivity index (χ1) is 15.7. The maximum atomic E-state index is 13.0. The number of carbonyl (C=O) groups is 2. The minimum Gasteiger partial charge on any atom is -0.388 e. The van der Waals surface area contributed by atoms with Crippen LogP contribution in [0.15, 0.2) is 0 Å². The van der Waals surface area contributed by atoms with Crippen LogP contribution in [-0.2, 0) is 19.1 Å². The number of hydrogen-bond acceptors (Lipinski definition) is 7. The summed E-state index contributed by atoms with van der Waals surface area (Å²) in [6.07, 6.45) is 1.68. The summed E-state index contributed by atoms with van der Waals surface area (Å²) < 4.78 is 11.5. The third kappa shape index (κ3) is 11.6. The van der Waals surface area contributed by atoms with Gasteiger partial charge in [0, 0.05) is 46.3 Å². The Morgan fingerprint density at radius 1 is 1.12 bits per heavy atom. The van der Waals surface area contributed by atoms with E-state index < -0.39 is 24.4 Å². The van der Waals surface area contributed by atoms with Gasteiger partial charge in [0.1, 0.15) is 18.3 Å². The molecule has 0 aliphatic carbocycles. The van der Waals surface area contributed by atoms with Gasteiger partial charge in [0.2, 0.25) is 11.8 Å². The molecule has 1 fully saturated rings. The van der Waals surface area contributed by atoms with Crippen molar-refractivity contribution in [3.63, 3.8) is 0 Å². The zero-order valence-electron chi connectivity index (χ0n) is 21.1. The van der Waals surface area contributed by atoms with Crippen molar-refractivity contribution in [1.29, 1.82) is 0 Å². The number of nitrogens with zero attached hydrogens (tertiary/aromatic N) is 2. The van der Waals surface area contributed by atoms with Gasteiger partial charge in [0.05, 0.1) is 12.6 Å². The van der Waals surface area contributed by atoms with Crippen molar-refractivity contribution < 1.29 is 29.3 Å². The van der Waals surface area contributed by atoms with Gasteiger partial charge < -0.3 is 35.2 Å². The van der Waals surface area contributed by atoms with E-state index in [4.69, 9.17) is 15.2 Å². The number of rotatable bonds is 8. The third-order valence-corrected chi connectivity index (χ3v) is 6.04. The Labute approximate surface area is 199 Å². The van der Waals surface area contributed by atoms with Crippen LogP contribution in [0.4, 0.5) is 0 Å². The Balaban J connectivity index is 2.97. The highest BCUT2D eigenvalue weighted by Crippen LogP contribution is 2.13. The first kappa shape index (κ1) is 29.8. The van der Waals surface area contributed by atoms with Crippen LogP contribution < -0.4 is 5.73 Å². The SMILES string of the molecule is CCCC[C@H](N)C(=O)N1CCCCOC[C@@H](O)[C@@H](O)[C@H](OCCC(C)C)CN(C(C)=O)CC1. The van der Waals surface area contributed by atoms with Gasteiger partial charge in [-0.1, -0.05) is 33.6 Å². The lowest BCUT2D eigenvalue weighted by Crippen LogP contribution is -2.51.